The van der Waals surface area contributed by atoms with Crippen molar-refractivity contribution in [3.63, 3.8) is 0 Å². The van der Waals surface area contributed by atoms with E-state index < -0.39 is 0 Å². The van der Waals surface area contributed by atoms with E-state index in [0.29, 0.717) is 5.92 Å². The molecule has 1 fully saturated rings. The summed E-state index contributed by atoms with van der Waals surface area (Å²) in [4.78, 5) is 0. The van der Waals surface area contributed by atoms with Gasteiger partial charge in [0.25, 0.3) is 0 Å². The molecular weight excluding hydrogens is 254 g/mol. The monoisotopic (exact) mass is 279 g/mol. The number of methoxy groups -OCH3 is 2. The van der Waals surface area contributed by atoms with Gasteiger partial charge in [-0.1, -0.05) is 13.0 Å². The summed E-state index contributed by atoms with van der Waals surface area (Å²) in [6, 6.07) is 6.05. The van der Waals surface area contributed by atoms with Gasteiger partial charge in [-0.15, -0.1) is 0 Å². The predicted molar refractivity (Wildman–Crippen MR) is 79.5 cm³/mol. The lowest BCUT2D eigenvalue weighted by Crippen LogP contribution is -2.25. The summed E-state index contributed by atoms with van der Waals surface area (Å²) in [5.41, 5.74) is 1.17. The number of ether oxygens (including phenoxy) is 3. The minimum absolute atomic E-state index is 0.152. The van der Waals surface area contributed by atoms with Gasteiger partial charge in [0.1, 0.15) is 0 Å². The predicted octanol–water partition coefficient (Wildman–Crippen LogP) is 2.78. The van der Waals surface area contributed by atoms with Crippen molar-refractivity contribution in [2.75, 3.05) is 33.9 Å². The van der Waals surface area contributed by atoms with Crippen LogP contribution in [0.25, 0.3) is 0 Å². The molecule has 112 valence electrons. The van der Waals surface area contributed by atoms with Gasteiger partial charge >= 0.3 is 0 Å². The van der Waals surface area contributed by atoms with Gasteiger partial charge in [0.05, 0.1) is 20.3 Å². The van der Waals surface area contributed by atoms with Crippen LogP contribution in [0.4, 0.5) is 0 Å². The maximum Gasteiger partial charge on any atom is 0.161 e. The van der Waals surface area contributed by atoms with Crippen molar-refractivity contribution in [3.8, 4) is 11.5 Å². The smallest absolute Gasteiger partial charge is 0.161 e. The highest BCUT2D eigenvalue weighted by Gasteiger charge is 2.29. The molecule has 1 saturated heterocycles. The molecule has 0 saturated carbocycles. The zero-order chi connectivity index (χ0) is 14.4. The van der Waals surface area contributed by atoms with Crippen LogP contribution in [0.2, 0.25) is 0 Å². The normalized spacial score (nSPS) is 21.9. The van der Waals surface area contributed by atoms with E-state index in [2.05, 4.69) is 18.3 Å². The minimum atomic E-state index is 0.152. The van der Waals surface area contributed by atoms with Gasteiger partial charge < -0.3 is 19.5 Å². The van der Waals surface area contributed by atoms with Crippen LogP contribution in [-0.4, -0.2) is 33.9 Å². The van der Waals surface area contributed by atoms with Crippen LogP contribution >= 0.6 is 0 Å². The van der Waals surface area contributed by atoms with Gasteiger partial charge in [-0.25, -0.2) is 0 Å². The summed E-state index contributed by atoms with van der Waals surface area (Å²) in [6.07, 6.45) is 2.42. The molecule has 1 N–H and O–H groups in total. The first kappa shape index (κ1) is 15.1. The molecule has 2 unspecified atom stereocenters. The average molecular weight is 279 g/mol. The molecule has 4 nitrogen and oxygen atoms in total. The highest BCUT2D eigenvalue weighted by molar-refractivity contribution is 5.43. The lowest BCUT2D eigenvalue weighted by Gasteiger charge is -2.20. The molecule has 2 atom stereocenters. The van der Waals surface area contributed by atoms with E-state index in [0.717, 1.165) is 44.0 Å². The van der Waals surface area contributed by atoms with Crippen LogP contribution in [0.3, 0.4) is 0 Å². The van der Waals surface area contributed by atoms with Crippen LogP contribution < -0.4 is 14.8 Å². The number of rotatable bonds is 7. The molecule has 0 aliphatic carbocycles. The summed E-state index contributed by atoms with van der Waals surface area (Å²) in [5, 5.41) is 3.49. The highest BCUT2D eigenvalue weighted by atomic mass is 16.5. The van der Waals surface area contributed by atoms with Crippen LogP contribution in [0.1, 0.15) is 31.4 Å². The van der Waals surface area contributed by atoms with Gasteiger partial charge in [0, 0.05) is 19.1 Å². The van der Waals surface area contributed by atoms with E-state index in [4.69, 9.17) is 14.2 Å². The fourth-order valence-corrected chi connectivity index (χ4v) is 2.71. The van der Waals surface area contributed by atoms with Crippen molar-refractivity contribution in [1.82, 2.24) is 5.32 Å². The summed E-state index contributed by atoms with van der Waals surface area (Å²) >= 11 is 0. The molecule has 1 aromatic rings. The van der Waals surface area contributed by atoms with Crippen molar-refractivity contribution in [2.24, 2.45) is 5.92 Å². The molecular formula is C16H25NO3. The number of benzene rings is 1. The topological polar surface area (TPSA) is 39.7 Å². The van der Waals surface area contributed by atoms with E-state index in [9.17, 15) is 0 Å². The molecule has 0 amide bonds. The van der Waals surface area contributed by atoms with Crippen LogP contribution in [0.5, 0.6) is 11.5 Å². The van der Waals surface area contributed by atoms with Gasteiger partial charge in [-0.3, -0.25) is 0 Å². The fraction of sp³-hybridized carbons (Fsp3) is 0.625. The summed E-state index contributed by atoms with van der Waals surface area (Å²) in [7, 11) is 3.32. The van der Waals surface area contributed by atoms with Gasteiger partial charge in [0.2, 0.25) is 0 Å². The SMILES string of the molecule is CCCNCC1CCOC1c1ccc(OC)c(OC)c1. The number of hydrogen-bond acceptors (Lipinski definition) is 4. The van der Waals surface area contributed by atoms with Crippen molar-refractivity contribution in [2.45, 2.75) is 25.9 Å². The average Bonchev–Trinajstić information content (AvgIpc) is 2.95. The summed E-state index contributed by atoms with van der Waals surface area (Å²) in [5.74, 6) is 2.05. The largest absolute Gasteiger partial charge is 0.493 e. The summed E-state index contributed by atoms with van der Waals surface area (Å²) < 4.78 is 16.6. The molecule has 1 aromatic carbocycles. The minimum Gasteiger partial charge on any atom is -0.493 e. The van der Waals surface area contributed by atoms with Crippen LogP contribution in [0, 0.1) is 5.92 Å². The summed E-state index contributed by atoms with van der Waals surface area (Å²) in [6.45, 7) is 5.09. The third-order valence-corrected chi connectivity index (χ3v) is 3.78. The Labute approximate surface area is 121 Å². The Bertz CT molecular complexity index is 422. The van der Waals surface area contributed by atoms with Gasteiger partial charge in [0.15, 0.2) is 11.5 Å². The Balaban J connectivity index is 2.09. The Morgan fingerprint density at radius 2 is 2.05 bits per heavy atom. The zero-order valence-electron chi connectivity index (χ0n) is 12.6. The van der Waals surface area contributed by atoms with E-state index in [1.807, 2.05) is 12.1 Å². The van der Waals surface area contributed by atoms with Gasteiger partial charge in [-0.2, -0.15) is 0 Å². The van der Waals surface area contributed by atoms with Crippen molar-refractivity contribution in [3.05, 3.63) is 23.8 Å². The third-order valence-electron chi connectivity index (χ3n) is 3.78. The van der Waals surface area contributed by atoms with E-state index in [-0.39, 0.29) is 6.10 Å². The van der Waals surface area contributed by atoms with Crippen LogP contribution in [0.15, 0.2) is 18.2 Å². The fourth-order valence-electron chi connectivity index (χ4n) is 2.71. The van der Waals surface area contributed by atoms with E-state index in [1.165, 1.54) is 5.56 Å². The molecule has 1 heterocycles. The van der Waals surface area contributed by atoms with Crippen molar-refractivity contribution >= 4 is 0 Å². The number of hydrogen-bond donors (Lipinski definition) is 1. The maximum atomic E-state index is 5.92. The molecule has 2 rings (SSSR count). The lowest BCUT2D eigenvalue weighted by atomic mass is 9.95. The Kier molecular flexibility index (Phi) is 5.68. The molecule has 1 aliphatic rings. The van der Waals surface area contributed by atoms with E-state index >= 15 is 0 Å². The second kappa shape index (κ2) is 7.50. The van der Waals surface area contributed by atoms with E-state index in [1.54, 1.807) is 14.2 Å². The first-order valence-electron chi connectivity index (χ1n) is 7.34. The molecule has 0 bridgehead atoms. The lowest BCUT2D eigenvalue weighted by molar-refractivity contribution is 0.0903. The zero-order valence-corrected chi connectivity index (χ0v) is 12.6. The Morgan fingerprint density at radius 3 is 2.75 bits per heavy atom. The molecule has 4 heteroatoms. The van der Waals surface area contributed by atoms with Crippen molar-refractivity contribution < 1.29 is 14.2 Å². The molecule has 1 aliphatic heterocycles. The van der Waals surface area contributed by atoms with Crippen molar-refractivity contribution in [1.29, 1.82) is 0 Å². The second-order valence-corrected chi connectivity index (χ2v) is 5.16. The first-order chi connectivity index (χ1) is 9.80. The Morgan fingerprint density at radius 1 is 1.25 bits per heavy atom. The first-order valence-corrected chi connectivity index (χ1v) is 7.34. The Hall–Kier alpha value is -1.26. The van der Waals surface area contributed by atoms with Crippen LogP contribution in [-0.2, 0) is 4.74 Å². The maximum absolute atomic E-state index is 5.92. The molecule has 0 aromatic heterocycles. The standard InChI is InChI=1S/C16H25NO3/c1-4-8-17-11-13-7-9-20-16(13)12-5-6-14(18-2)15(10-12)19-3/h5-6,10,13,16-17H,4,7-9,11H2,1-3H3. The third kappa shape index (κ3) is 3.44. The molecule has 0 spiro atoms. The number of nitrogens with one attached hydrogen (secondary N) is 1. The van der Waals surface area contributed by atoms with Gasteiger partial charge in [-0.05, 0) is 37.1 Å². The molecule has 20 heavy (non-hydrogen) atoms. The highest BCUT2D eigenvalue weighted by Crippen LogP contribution is 2.38. The quantitative estimate of drug-likeness (QED) is 0.779. The second-order valence-electron chi connectivity index (χ2n) is 5.16. The molecule has 0 radical (unpaired) electrons.